The van der Waals surface area contributed by atoms with Crippen molar-refractivity contribution in [3.63, 3.8) is 0 Å². The van der Waals surface area contributed by atoms with Gasteiger partial charge in [-0.3, -0.25) is 4.98 Å². The van der Waals surface area contributed by atoms with E-state index in [4.69, 9.17) is 11.6 Å². The van der Waals surface area contributed by atoms with Crippen LogP contribution in [0.4, 0.5) is 0 Å². The molecule has 0 amide bonds. The zero-order valence-corrected chi connectivity index (χ0v) is 10.2. The molecule has 1 nitrogen and oxygen atoms in total. The zero-order valence-electron chi connectivity index (χ0n) is 7.85. The van der Waals surface area contributed by atoms with Gasteiger partial charge >= 0.3 is 0 Å². The van der Waals surface area contributed by atoms with E-state index in [1.54, 1.807) is 6.20 Å². The van der Waals surface area contributed by atoms with E-state index in [0.717, 1.165) is 17.4 Å². The van der Waals surface area contributed by atoms with Gasteiger partial charge < -0.3 is 0 Å². The number of pyridine rings is 1. The largest absolute Gasteiger partial charge is 0.260 e. The fourth-order valence-corrected chi connectivity index (χ4v) is 1.36. The summed E-state index contributed by atoms with van der Waals surface area (Å²) >= 11 is 9.23. The Labute approximate surface area is 92.6 Å². The molecule has 0 unspecified atom stereocenters. The van der Waals surface area contributed by atoms with Crippen LogP contribution in [-0.4, -0.2) is 10.3 Å². The van der Waals surface area contributed by atoms with E-state index in [0.29, 0.717) is 5.02 Å². The van der Waals surface area contributed by atoms with Gasteiger partial charge in [0.05, 0.1) is 5.02 Å². The maximum Gasteiger partial charge on any atom is 0.0589 e. The van der Waals surface area contributed by atoms with E-state index in [1.807, 2.05) is 12.1 Å². The molecule has 3 heteroatoms. The fourth-order valence-electron chi connectivity index (χ4n) is 1.05. The molecule has 1 rings (SSSR count). The summed E-state index contributed by atoms with van der Waals surface area (Å²) in [7, 11) is 0. The van der Waals surface area contributed by atoms with Crippen LogP contribution in [0, 0.1) is 5.41 Å². The second-order valence-corrected chi connectivity index (χ2v) is 4.94. The lowest BCUT2D eigenvalue weighted by molar-refractivity contribution is 0.420. The highest BCUT2D eigenvalue weighted by Crippen LogP contribution is 2.23. The van der Waals surface area contributed by atoms with Crippen LogP contribution in [0.2, 0.25) is 5.02 Å². The highest BCUT2D eigenvalue weighted by atomic mass is 79.9. The Morgan fingerprint density at radius 2 is 2.15 bits per heavy atom. The molecule has 13 heavy (non-hydrogen) atoms. The van der Waals surface area contributed by atoms with Crippen molar-refractivity contribution >= 4 is 27.5 Å². The normalized spacial score (nSPS) is 11.7. The summed E-state index contributed by atoms with van der Waals surface area (Å²) in [5.74, 6) is 0. The first-order chi connectivity index (χ1) is 6.03. The van der Waals surface area contributed by atoms with Crippen LogP contribution in [0.15, 0.2) is 18.3 Å². The average Bonchev–Trinajstić information content (AvgIpc) is 2.09. The van der Waals surface area contributed by atoms with Gasteiger partial charge in [0.2, 0.25) is 0 Å². The van der Waals surface area contributed by atoms with Crippen molar-refractivity contribution in [2.45, 2.75) is 20.3 Å². The first kappa shape index (κ1) is 11.0. The second kappa shape index (κ2) is 4.43. The van der Waals surface area contributed by atoms with Crippen molar-refractivity contribution in [3.05, 3.63) is 29.0 Å². The maximum absolute atomic E-state index is 5.75. The summed E-state index contributed by atoms with van der Waals surface area (Å²) in [5.41, 5.74) is 1.34. The molecule has 0 aromatic carbocycles. The molecule has 1 aromatic rings. The zero-order chi connectivity index (χ0) is 9.90. The molecule has 72 valence electrons. The van der Waals surface area contributed by atoms with Crippen LogP contribution in [0.5, 0.6) is 0 Å². The van der Waals surface area contributed by atoms with Crippen LogP contribution >= 0.6 is 27.5 Å². The highest BCUT2D eigenvalue weighted by molar-refractivity contribution is 9.09. The summed E-state index contributed by atoms with van der Waals surface area (Å²) < 4.78 is 0. The molecule has 0 radical (unpaired) electrons. The van der Waals surface area contributed by atoms with E-state index in [-0.39, 0.29) is 5.41 Å². The highest BCUT2D eigenvalue weighted by Gasteiger charge is 2.17. The van der Waals surface area contributed by atoms with Gasteiger partial charge in [-0.1, -0.05) is 41.4 Å². The third kappa shape index (κ3) is 3.65. The predicted molar refractivity (Wildman–Crippen MR) is 60.5 cm³/mol. The Hall–Kier alpha value is -0.0800. The van der Waals surface area contributed by atoms with Crippen LogP contribution < -0.4 is 0 Å². The van der Waals surface area contributed by atoms with E-state index in [2.05, 4.69) is 34.8 Å². The molecule has 0 saturated carbocycles. The molecule has 0 aliphatic rings. The van der Waals surface area contributed by atoms with Crippen molar-refractivity contribution in [3.8, 4) is 0 Å². The van der Waals surface area contributed by atoms with Gasteiger partial charge in [0.25, 0.3) is 0 Å². The summed E-state index contributed by atoms with van der Waals surface area (Å²) in [4.78, 5) is 4.26. The molecule has 0 spiro atoms. The van der Waals surface area contributed by atoms with Gasteiger partial charge in [-0.05, 0) is 24.0 Å². The van der Waals surface area contributed by atoms with Gasteiger partial charge in [-0.2, -0.15) is 0 Å². The Morgan fingerprint density at radius 1 is 1.46 bits per heavy atom. The lowest BCUT2D eigenvalue weighted by Crippen LogP contribution is -2.17. The standard InChI is InChI=1S/C10H13BrClN/c1-10(2,7-11)5-9-4-3-8(12)6-13-9/h3-4,6H,5,7H2,1-2H3. The summed E-state index contributed by atoms with van der Waals surface area (Å²) in [5, 5.41) is 1.67. The Bertz CT molecular complexity index is 269. The molecular weight excluding hydrogens is 249 g/mol. The van der Waals surface area contributed by atoms with E-state index in [1.165, 1.54) is 0 Å². The predicted octanol–water partition coefficient (Wildman–Crippen LogP) is 3.70. The Morgan fingerprint density at radius 3 is 2.62 bits per heavy atom. The van der Waals surface area contributed by atoms with Crippen LogP contribution in [0.3, 0.4) is 0 Å². The lowest BCUT2D eigenvalue weighted by atomic mass is 9.90. The molecule has 0 saturated heterocycles. The van der Waals surface area contributed by atoms with Gasteiger partial charge in [-0.15, -0.1) is 0 Å². The number of nitrogens with zero attached hydrogens (tertiary/aromatic N) is 1. The Balaban J connectivity index is 2.69. The summed E-state index contributed by atoms with van der Waals surface area (Å²) in [6.07, 6.45) is 2.66. The van der Waals surface area contributed by atoms with Crippen LogP contribution in [-0.2, 0) is 6.42 Å². The fraction of sp³-hybridized carbons (Fsp3) is 0.500. The minimum absolute atomic E-state index is 0.251. The van der Waals surface area contributed by atoms with Crippen molar-refractivity contribution < 1.29 is 0 Å². The minimum atomic E-state index is 0.251. The quantitative estimate of drug-likeness (QED) is 0.757. The van der Waals surface area contributed by atoms with Crippen molar-refractivity contribution in [2.24, 2.45) is 5.41 Å². The Kier molecular flexibility index (Phi) is 3.74. The second-order valence-electron chi connectivity index (χ2n) is 3.94. The SMILES string of the molecule is CC(C)(CBr)Cc1ccc(Cl)cn1. The maximum atomic E-state index is 5.75. The molecule has 0 fully saturated rings. The third-order valence-electron chi connectivity index (χ3n) is 1.81. The number of halogens is 2. The molecule has 0 N–H and O–H groups in total. The van der Waals surface area contributed by atoms with Gasteiger partial charge in [0, 0.05) is 17.2 Å². The molecule has 0 aliphatic carbocycles. The molecule has 1 heterocycles. The monoisotopic (exact) mass is 261 g/mol. The molecule has 0 bridgehead atoms. The minimum Gasteiger partial charge on any atom is -0.260 e. The molecular formula is C10H13BrClN. The molecule has 0 aliphatic heterocycles. The summed E-state index contributed by atoms with van der Waals surface area (Å²) in [6.45, 7) is 4.41. The van der Waals surface area contributed by atoms with Gasteiger partial charge in [0.1, 0.15) is 0 Å². The van der Waals surface area contributed by atoms with Crippen molar-refractivity contribution in [2.75, 3.05) is 5.33 Å². The summed E-state index contributed by atoms with van der Waals surface area (Å²) in [6, 6.07) is 3.86. The van der Waals surface area contributed by atoms with Gasteiger partial charge in [-0.25, -0.2) is 0 Å². The number of rotatable bonds is 3. The molecule has 0 atom stereocenters. The first-order valence-electron chi connectivity index (χ1n) is 4.20. The van der Waals surface area contributed by atoms with Crippen LogP contribution in [0.25, 0.3) is 0 Å². The number of hydrogen-bond acceptors (Lipinski definition) is 1. The molecule has 1 aromatic heterocycles. The lowest BCUT2D eigenvalue weighted by Gasteiger charge is -2.20. The first-order valence-corrected chi connectivity index (χ1v) is 5.70. The van der Waals surface area contributed by atoms with Crippen molar-refractivity contribution in [1.82, 2.24) is 4.98 Å². The van der Waals surface area contributed by atoms with Gasteiger partial charge in [0.15, 0.2) is 0 Å². The van der Waals surface area contributed by atoms with E-state index in [9.17, 15) is 0 Å². The number of alkyl halides is 1. The average molecular weight is 263 g/mol. The van der Waals surface area contributed by atoms with E-state index >= 15 is 0 Å². The van der Waals surface area contributed by atoms with Crippen LogP contribution in [0.1, 0.15) is 19.5 Å². The van der Waals surface area contributed by atoms with Crippen molar-refractivity contribution in [1.29, 1.82) is 0 Å². The van der Waals surface area contributed by atoms with E-state index < -0.39 is 0 Å². The number of hydrogen-bond donors (Lipinski definition) is 0. The topological polar surface area (TPSA) is 12.9 Å². The smallest absolute Gasteiger partial charge is 0.0589 e. The number of aromatic nitrogens is 1. The third-order valence-corrected chi connectivity index (χ3v) is 3.55.